The Kier molecular flexibility index (Phi) is 5.03. The van der Waals surface area contributed by atoms with Crippen LogP contribution in [-0.2, 0) is 11.3 Å². The predicted molar refractivity (Wildman–Crippen MR) is 105 cm³/mol. The van der Waals surface area contributed by atoms with Crippen LogP contribution in [0.25, 0.3) is 10.9 Å². The van der Waals surface area contributed by atoms with E-state index in [0.717, 1.165) is 18.9 Å². The summed E-state index contributed by atoms with van der Waals surface area (Å²) in [5.74, 6) is 1.09. The van der Waals surface area contributed by atoms with E-state index in [1.165, 1.54) is 4.90 Å². The van der Waals surface area contributed by atoms with Gasteiger partial charge in [0.05, 0.1) is 36.2 Å². The van der Waals surface area contributed by atoms with Crippen molar-refractivity contribution in [3.8, 4) is 0 Å². The maximum atomic E-state index is 12.7. The van der Waals surface area contributed by atoms with Gasteiger partial charge in [0.2, 0.25) is 0 Å². The summed E-state index contributed by atoms with van der Waals surface area (Å²) >= 11 is 0. The number of amides is 1. The van der Waals surface area contributed by atoms with E-state index in [9.17, 15) is 9.59 Å². The average molecular weight is 379 g/mol. The number of ether oxygens (including phenoxy) is 1. The van der Waals surface area contributed by atoms with E-state index >= 15 is 0 Å². The Labute approximate surface area is 161 Å². The number of aromatic amines is 1. The number of rotatable bonds is 4. The molecule has 8 nitrogen and oxygen atoms in total. The Morgan fingerprint density at radius 2 is 2.00 bits per heavy atom. The van der Waals surface area contributed by atoms with Gasteiger partial charge in [-0.15, -0.1) is 0 Å². The molecule has 8 heteroatoms. The van der Waals surface area contributed by atoms with Crippen molar-refractivity contribution >= 4 is 22.6 Å². The summed E-state index contributed by atoms with van der Waals surface area (Å²) in [5.41, 5.74) is 0.888. The summed E-state index contributed by atoms with van der Waals surface area (Å²) in [6.07, 6.45) is 1.58. The van der Waals surface area contributed by atoms with Crippen molar-refractivity contribution in [1.29, 1.82) is 0 Å². The van der Waals surface area contributed by atoms with Gasteiger partial charge in [0, 0.05) is 26.3 Å². The van der Waals surface area contributed by atoms with Gasteiger partial charge >= 0.3 is 0 Å². The SMILES string of the molecule is CN(Cc1nc2ccccc2c(=O)[nH]1)C(=O)c1ccc(N2CCOCC2)nc1. The van der Waals surface area contributed by atoms with Crippen LogP contribution < -0.4 is 10.5 Å². The van der Waals surface area contributed by atoms with Crippen molar-refractivity contribution < 1.29 is 9.53 Å². The Bertz CT molecular complexity index is 1040. The summed E-state index contributed by atoms with van der Waals surface area (Å²) in [6.45, 7) is 3.15. The zero-order chi connectivity index (χ0) is 19.5. The van der Waals surface area contributed by atoms with Gasteiger partial charge < -0.3 is 19.5 Å². The molecule has 2 aromatic heterocycles. The average Bonchev–Trinajstić information content (AvgIpc) is 2.74. The standard InChI is InChI=1S/C20H21N5O3/c1-24(13-17-22-16-5-3-2-4-15(16)19(26)23-17)20(27)14-6-7-18(21-12-14)25-8-10-28-11-9-25/h2-7,12H,8-11,13H2,1H3,(H,22,23,26). The number of anilines is 1. The first-order chi connectivity index (χ1) is 13.6. The van der Waals surface area contributed by atoms with Gasteiger partial charge in [0.25, 0.3) is 11.5 Å². The van der Waals surface area contributed by atoms with Gasteiger partial charge in [-0.2, -0.15) is 0 Å². The van der Waals surface area contributed by atoms with Crippen LogP contribution in [0.1, 0.15) is 16.2 Å². The topological polar surface area (TPSA) is 91.4 Å². The molecule has 1 amide bonds. The van der Waals surface area contributed by atoms with Crippen LogP contribution in [0.2, 0.25) is 0 Å². The molecule has 1 N–H and O–H groups in total. The molecule has 3 aromatic rings. The Hall–Kier alpha value is -3.26. The van der Waals surface area contributed by atoms with Crippen LogP contribution in [0.3, 0.4) is 0 Å². The first-order valence-corrected chi connectivity index (χ1v) is 9.14. The number of carbonyl (C=O) groups is 1. The molecule has 0 unspecified atom stereocenters. The minimum Gasteiger partial charge on any atom is -0.378 e. The molecule has 1 saturated heterocycles. The van der Waals surface area contributed by atoms with E-state index in [-0.39, 0.29) is 18.0 Å². The molecule has 1 aliphatic rings. The third kappa shape index (κ3) is 3.72. The lowest BCUT2D eigenvalue weighted by atomic mass is 10.2. The molecule has 1 aliphatic heterocycles. The quantitative estimate of drug-likeness (QED) is 0.737. The number of para-hydroxylation sites is 1. The summed E-state index contributed by atoms with van der Waals surface area (Å²) in [7, 11) is 1.67. The second kappa shape index (κ2) is 7.77. The highest BCUT2D eigenvalue weighted by atomic mass is 16.5. The zero-order valence-corrected chi connectivity index (χ0v) is 15.6. The Morgan fingerprint density at radius 3 is 2.75 bits per heavy atom. The lowest BCUT2D eigenvalue weighted by molar-refractivity contribution is 0.0781. The van der Waals surface area contributed by atoms with Crippen molar-refractivity contribution in [3.05, 3.63) is 64.3 Å². The van der Waals surface area contributed by atoms with Crippen LogP contribution in [0.5, 0.6) is 0 Å². The minimum absolute atomic E-state index is 0.183. The van der Waals surface area contributed by atoms with Crippen molar-refractivity contribution in [1.82, 2.24) is 19.9 Å². The van der Waals surface area contributed by atoms with Crippen LogP contribution in [0.15, 0.2) is 47.4 Å². The predicted octanol–water partition coefficient (Wildman–Crippen LogP) is 1.43. The highest BCUT2D eigenvalue weighted by Gasteiger charge is 2.16. The van der Waals surface area contributed by atoms with E-state index in [1.54, 1.807) is 37.5 Å². The van der Waals surface area contributed by atoms with Gasteiger partial charge in [0.15, 0.2) is 0 Å². The fourth-order valence-electron chi connectivity index (χ4n) is 3.22. The number of morpholine rings is 1. The fourth-order valence-corrected chi connectivity index (χ4v) is 3.22. The van der Waals surface area contributed by atoms with Gasteiger partial charge in [-0.25, -0.2) is 9.97 Å². The number of hydrogen-bond donors (Lipinski definition) is 1. The third-order valence-corrected chi connectivity index (χ3v) is 4.73. The first-order valence-electron chi connectivity index (χ1n) is 9.14. The summed E-state index contributed by atoms with van der Waals surface area (Å²) in [5, 5.41) is 0.531. The van der Waals surface area contributed by atoms with Crippen molar-refractivity contribution in [2.75, 3.05) is 38.3 Å². The Balaban J connectivity index is 1.48. The monoisotopic (exact) mass is 379 g/mol. The molecule has 144 valence electrons. The molecular formula is C20H21N5O3. The molecule has 0 saturated carbocycles. The van der Waals surface area contributed by atoms with Crippen LogP contribution >= 0.6 is 0 Å². The maximum Gasteiger partial charge on any atom is 0.258 e. The van der Waals surface area contributed by atoms with Crippen molar-refractivity contribution in [3.63, 3.8) is 0 Å². The van der Waals surface area contributed by atoms with Gasteiger partial charge in [-0.1, -0.05) is 12.1 Å². The second-order valence-electron chi connectivity index (χ2n) is 6.70. The second-order valence-corrected chi connectivity index (χ2v) is 6.70. The Morgan fingerprint density at radius 1 is 1.21 bits per heavy atom. The van der Waals surface area contributed by atoms with E-state index in [2.05, 4.69) is 19.9 Å². The molecule has 0 aliphatic carbocycles. The number of nitrogens with one attached hydrogen (secondary N) is 1. The molecule has 1 aromatic carbocycles. The normalized spacial score (nSPS) is 14.2. The van der Waals surface area contributed by atoms with E-state index in [0.29, 0.717) is 35.5 Å². The van der Waals surface area contributed by atoms with Crippen molar-refractivity contribution in [2.24, 2.45) is 0 Å². The maximum absolute atomic E-state index is 12.7. The zero-order valence-electron chi connectivity index (χ0n) is 15.6. The first kappa shape index (κ1) is 18.1. The molecule has 0 atom stereocenters. The van der Waals surface area contributed by atoms with Gasteiger partial charge in [-0.3, -0.25) is 9.59 Å². The molecular weight excluding hydrogens is 358 g/mol. The summed E-state index contributed by atoms with van der Waals surface area (Å²) in [6, 6.07) is 10.7. The largest absolute Gasteiger partial charge is 0.378 e. The van der Waals surface area contributed by atoms with Crippen LogP contribution in [0.4, 0.5) is 5.82 Å². The molecule has 28 heavy (non-hydrogen) atoms. The minimum atomic E-state index is -0.210. The molecule has 0 spiro atoms. The van der Waals surface area contributed by atoms with E-state index in [4.69, 9.17) is 4.74 Å². The third-order valence-electron chi connectivity index (χ3n) is 4.73. The molecule has 4 rings (SSSR count). The number of H-pyrrole nitrogens is 1. The highest BCUT2D eigenvalue weighted by molar-refractivity contribution is 5.93. The molecule has 3 heterocycles. The lowest BCUT2D eigenvalue weighted by Gasteiger charge is -2.27. The molecule has 0 radical (unpaired) electrons. The number of benzene rings is 1. The molecule has 0 bridgehead atoms. The summed E-state index contributed by atoms with van der Waals surface area (Å²) in [4.78, 5) is 40.2. The van der Waals surface area contributed by atoms with Gasteiger partial charge in [0.1, 0.15) is 11.6 Å². The number of nitrogens with zero attached hydrogens (tertiary/aromatic N) is 4. The fraction of sp³-hybridized carbons (Fsp3) is 0.300. The van der Waals surface area contributed by atoms with E-state index < -0.39 is 0 Å². The van der Waals surface area contributed by atoms with Crippen molar-refractivity contribution in [2.45, 2.75) is 6.54 Å². The summed E-state index contributed by atoms with van der Waals surface area (Å²) < 4.78 is 5.34. The van der Waals surface area contributed by atoms with Gasteiger partial charge in [-0.05, 0) is 24.3 Å². The van der Waals surface area contributed by atoms with E-state index in [1.807, 2.05) is 12.1 Å². The number of carbonyl (C=O) groups excluding carboxylic acids is 1. The number of pyridine rings is 1. The lowest BCUT2D eigenvalue weighted by Crippen LogP contribution is -2.36. The highest BCUT2D eigenvalue weighted by Crippen LogP contribution is 2.14. The van der Waals surface area contributed by atoms with Crippen LogP contribution in [-0.4, -0.2) is 59.1 Å². The smallest absolute Gasteiger partial charge is 0.258 e. The number of aromatic nitrogens is 3. The van der Waals surface area contributed by atoms with Crippen LogP contribution in [0, 0.1) is 0 Å². The number of hydrogen-bond acceptors (Lipinski definition) is 6. The molecule has 1 fully saturated rings. The number of fused-ring (bicyclic) bond motifs is 1.